The zero-order chi connectivity index (χ0) is 16.2. The molecule has 0 saturated heterocycles. The highest BCUT2D eigenvalue weighted by Crippen LogP contribution is 2.15. The molecule has 0 spiro atoms. The molecule has 0 amide bonds. The SMILES string of the molecule is N#CC(=NNc1cccc(O)c1)c1nc2ccccc2c(=O)[nH]1. The molecule has 0 aliphatic rings. The van der Waals surface area contributed by atoms with Crippen LogP contribution >= 0.6 is 0 Å². The molecule has 0 atom stereocenters. The summed E-state index contributed by atoms with van der Waals surface area (Å²) in [5.41, 5.74) is 3.21. The van der Waals surface area contributed by atoms with Crippen molar-refractivity contribution in [3.05, 3.63) is 64.7 Å². The predicted octanol–water partition coefficient (Wildman–Crippen LogP) is 1.97. The molecule has 3 aromatic rings. The number of nitrogens with one attached hydrogen (secondary N) is 2. The number of nitriles is 1. The third-order valence-electron chi connectivity index (χ3n) is 3.09. The Kier molecular flexibility index (Phi) is 3.72. The van der Waals surface area contributed by atoms with Gasteiger partial charge in [0.15, 0.2) is 5.82 Å². The summed E-state index contributed by atoms with van der Waals surface area (Å²) in [6.45, 7) is 0. The number of rotatable bonds is 3. The molecule has 0 fully saturated rings. The molecule has 0 bridgehead atoms. The minimum atomic E-state index is -0.342. The van der Waals surface area contributed by atoms with Crippen LogP contribution < -0.4 is 11.0 Å². The monoisotopic (exact) mass is 305 g/mol. The second-order valence-electron chi connectivity index (χ2n) is 4.67. The highest BCUT2D eigenvalue weighted by molar-refractivity contribution is 6.10. The number of aromatic amines is 1. The summed E-state index contributed by atoms with van der Waals surface area (Å²) in [5.74, 6) is 0.143. The number of fused-ring (bicyclic) bond motifs is 1. The third kappa shape index (κ3) is 3.01. The van der Waals surface area contributed by atoms with Crippen LogP contribution in [0.4, 0.5) is 5.69 Å². The Labute approximate surface area is 130 Å². The standard InChI is InChI=1S/C16H11N5O2/c17-9-14(21-20-10-4-3-5-11(22)8-10)15-18-13-7-2-1-6-12(13)16(23)19-15/h1-8,20,22H,(H,18,19,23). The molecule has 7 nitrogen and oxygen atoms in total. The maximum atomic E-state index is 12.0. The van der Waals surface area contributed by atoms with Gasteiger partial charge in [0.05, 0.1) is 16.6 Å². The molecule has 0 unspecified atom stereocenters. The second-order valence-corrected chi connectivity index (χ2v) is 4.67. The molecule has 7 heteroatoms. The lowest BCUT2D eigenvalue weighted by molar-refractivity contribution is 0.475. The van der Waals surface area contributed by atoms with Crippen molar-refractivity contribution in [3.8, 4) is 11.8 Å². The molecule has 2 aromatic carbocycles. The molecular formula is C16H11N5O2. The van der Waals surface area contributed by atoms with Gasteiger partial charge in [0, 0.05) is 6.07 Å². The molecule has 112 valence electrons. The normalized spacial score (nSPS) is 11.2. The topological polar surface area (TPSA) is 114 Å². The van der Waals surface area contributed by atoms with Gasteiger partial charge in [-0.3, -0.25) is 10.2 Å². The van der Waals surface area contributed by atoms with Crippen molar-refractivity contribution in [2.45, 2.75) is 0 Å². The van der Waals surface area contributed by atoms with Gasteiger partial charge >= 0.3 is 0 Å². The first-order valence-corrected chi connectivity index (χ1v) is 6.69. The van der Waals surface area contributed by atoms with Crippen molar-refractivity contribution in [3.63, 3.8) is 0 Å². The maximum absolute atomic E-state index is 12.0. The molecule has 3 rings (SSSR count). The number of aromatic nitrogens is 2. The average molecular weight is 305 g/mol. The largest absolute Gasteiger partial charge is 0.508 e. The van der Waals surface area contributed by atoms with Gasteiger partial charge in [0.2, 0.25) is 5.71 Å². The lowest BCUT2D eigenvalue weighted by atomic mass is 10.2. The zero-order valence-corrected chi connectivity index (χ0v) is 11.8. The minimum Gasteiger partial charge on any atom is -0.508 e. The van der Waals surface area contributed by atoms with Crippen LogP contribution in [-0.2, 0) is 0 Å². The number of aromatic hydroxyl groups is 1. The van der Waals surface area contributed by atoms with Gasteiger partial charge in [-0.15, -0.1) is 0 Å². The van der Waals surface area contributed by atoms with Crippen molar-refractivity contribution >= 4 is 22.3 Å². The highest BCUT2D eigenvalue weighted by Gasteiger charge is 2.09. The Morgan fingerprint density at radius 1 is 1.26 bits per heavy atom. The van der Waals surface area contributed by atoms with E-state index in [0.29, 0.717) is 16.6 Å². The predicted molar refractivity (Wildman–Crippen MR) is 86.2 cm³/mol. The van der Waals surface area contributed by atoms with E-state index in [1.165, 1.54) is 12.1 Å². The van der Waals surface area contributed by atoms with E-state index in [0.717, 1.165) is 0 Å². The lowest BCUT2D eigenvalue weighted by Crippen LogP contribution is -2.16. The van der Waals surface area contributed by atoms with Gasteiger partial charge in [0.25, 0.3) is 5.56 Å². The Morgan fingerprint density at radius 3 is 2.87 bits per heavy atom. The van der Waals surface area contributed by atoms with E-state index in [-0.39, 0.29) is 22.8 Å². The molecule has 23 heavy (non-hydrogen) atoms. The molecule has 0 aliphatic carbocycles. The van der Waals surface area contributed by atoms with E-state index >= 15 is 0 Å². The summed E-state index contributed by atoms with van der Waals surface area (Å²) >= 11 is 0. The molecule has 3 N–H and O–H groups in total. The summed E-state index contributed by atoms with van der Waals surface area (Å²) in [4.78, 5) is 18.8. The number of phenols is 1. The van der Waals surface area contributed by atoms with Crippen LogP contribution in [0.5, 0.6) is 5.75 Å². The number of benzene rings is 2. The van der Waals surface area contributed by atoms with Crippen molar-refractivity contribution in [2.24, 2.45) is 5.10 Å². The Morgan fingerprint density at radius 2 is 2.09 bits per heavy atom. The molecular weight excluding hydrogens is 294 g/mol. The van der Waals surface area contributed by atoms with Gasteiger partial charge in [-0.05, 0) is 24.3 Å². The first-order chi connectivity index (χ1) is 11.2. The van der Waals surface area contributed by atoms with E-state index in [1.807, 2.05) is 6.07 Å². The van der Waals surface area contributed by atoms with Gasteiger partial charge in [-0.2, -0.15) is 10.4 Å². The quantitative estimate of drug-likeness (QED) is 0.505. The number of hydrazone groups is 1. The number of H-pyrrole nitrogens is 1. The average Bonchev–Trinajstić information content (AvgIpc) is 2.56. The molecule has 0 aliphatic heterocycles. The fourth-order valence-corrected chi connectivity index (χ4v) is 2.03. The van der Waals surface area contributed by atoms with Crippen LogP contribution in [0, 0.1) is 11.3 Å². The Bertz CT molecular complexity index is 1000. The van der Waals surface area contributed by atoms with E-state index in [9.17, 15) is 15.2 Å². The van der Waals surface area contributed by atoms with Crippen molar-refractivity contribution < 1.29 is 5.11 Å². The van der Waals surface area contributed by atoms with E-state index in [1.54, 1.807) is 36.4 Å². The fourth-order valence-electron chi connectivity index (χ4n) is 2.03. The van der Waals surface area contributed by atoms with Gasteiger partial charge in [-0.1, -0.05) is 18.2 Å². The summed E-state index contributed by atoms with van der Waals surface area (Å²) in [6, 6.07) is 15.0. The number of phenolic OH excluding ortho intramolecular Hbond substituents is 1. The van der Waals surface area contributed by atoms with Crippen LogP contribution in [0.1, 0.15) is 5.82 Å². The van der Waals surface area contributed by atoms with Crippen LogP contribution in [-0.4, -0.2) is 20.8 Å². The summed E-state index contributed by atoms with van der Waals surface area (Å²) in [7, 11) is 0. The first-order valence-electron chi connectivity index (χ1n) is 6.69. The highest BCUT2D eigenvalue weighted by atomic mass is 16.3. The van der Waals surface area contributed by atoms with Gasteiger partial charge in [-0.25, -0.2) is 4.98 Å². The number of nitrogens with zero attached hydrogens (tertiary/aromatic N) is 3. The Balaban J connectivity index is 1.99. The summed E-state index contributed by atoms with van der Waals surface area (Å²) in [6.07, 6.45) is 0. The lowest BCUT2D eigenvalue weighted by Gasteiger charge is -2.03. The van der Waals surface area contributed by atoms with Crippen molar-refractivity contribution in [1.29, 1.82) is 5.26 Å². The summed E-state index contributed by atoms with van der Waals surface area (Å²) in [5, 5.41) is 23.0. The van der Waals surface area contributed by atoms with E-state index < -0.39 is 0 Å². The number of para-hydroxylation sites is 1. The van der Waals surface area contributed by atoms with Crippen molar-refractivity contribution in [1.82, 2.24) is 9.97 Å². The van der Waals surface area contributed by atoms with Crippen LogP contribution in [0.2, 0.25) is 0 Å². The Hall–Kier alpha value is -3.66. The summed E-state index contributed by atoms with van der Waals surface area (Å²) < 4.78 is 0. The third-order valence-corrected chi connectivity index (χ3v) is 3.09. The second kappa shape index (κ2) is 5.99. The smallest absolute Gasteiger partial charge is 0.259 e. The molecule has 1 aromatic heterocycles. The van der Waals surface area contributed by atoms with Crippen LogP contribution in [0.25, 0.3) is 10.9 Å². The number of hydrogen-bond acceptors (Lipinski definition) is 6. The van der Waals surface area contributed by atoms with Gasteiger partial charge < -0.3 is 10.1 Å². The molecule has 1 heterocycles. The van der Waals surface area contributed by atoms with Crippen LogP contribution in [0.15, 0.2) is 58.4 Å². The molecule has 0 radical (unpaired) electrons. The van der Waals surface area contributed by atoms with E-state index in [2.05, 4.69) is 20.5 Å². The number of hydrogen-bond donors (Lipinski definition) is 3. The number of anilines is 1. The van der Waals surface area contributed by atoms with Crippen molar-refractivity contribution in [2.75, 3.05) is 5.43 Å². The first kappa shape index (κ1) is 14.3. The zero-order valence-electron chi connectivity index (χ0n) is 11.8. The van der Waals surface area contributed by atoms with Gasteiger partial charge in [0.1, 0.15) is 11.8 Å². The maximum Gasteiger partial charge on any atom is 0.259 e. The minimum absolute atomic E-state index is 0.0703. The fraction of sp³-hybridized carbons (Fsp3) is 0. The molecule has 0 saturated carbocycles. The van der Waals surface area contributed by atoms with Crippen LogP contribution in [0.3, 0.4) is 0 Å². The van der Waals surface area contributed by atoms with E-state index in [4.69, 9.17) is 0 Å².